The van der Waals surface area contributed by atoms with Gasteiger partial charge in [-0.15, -0.1) is 0 Å². The van der Waals surface area contributed by atoms with Gasteiger partial charge >= 0.3 is 0 Å². The Balaban J connectivity index is 2.61. The summed E-state index contributed by atoms with van der Waals surface area (Å²) >= 11 is 0. The number of carbonyl (C=O) groups is 3. The molecule has 2 atom stereocenters. The van der Waals surface area contributed by atoms with E-state index in [2.05, 4.69) is 10.6 Å². The first-order valence-electron chi connectivity index (χ1n) is 6.84. The molecule has 0 saturated heterocycles. The van der Waals surface area contributed by atoms with Crippen LogP contribution in [0.5, 0.6) is 0 Å². The van der Waals surface area contributed by atoms with Gasteiger partial charge in [-0.25, -0.2) is 0 Å². The van der Waals surface area contributed by atoms with Crippen LogP contribution in [0, 0.1) is 13.8 Å². The van der Waals surface area contributed by atoms with Gasteiger partial charge in [-0.3, -0.25) is 14.4 Å². The number of hydrogen-bond donors (Lipinski definition) is 4. The van der Waals surface area contributed by atoms with Crippen molar-refractivity contribution in [3.8, 4) is 0 Å². The number of primary amides is 1. The van der Waals surface area contributed by atoms with Gasteiger partial charge in [-0.2, -0.15) is 0 Å². The molecule has 0 unspecified atom stereocenters. The second kappa shape index (κ2) is 7.56. The van der Waals surface area contributed by atoms with Gasteiger partial charge in [0.2, 0.25) is 17.7 Å². The van der Waals surface area contributed by atoms with E-state index in [-0.39, 0.29) is 0 Å². The zero-order valence-corrected chi connectivity index (χ0v) is 12.8. The van der Waals surface area contributed by atoms with E-state index in [1.54, 1.807) is 6.07 Å². The van der Waals surface area contributed by atoms with Crippen molar-refractivity contribution in [2.45, 2.75) is 39.3 Å². The topological polar surface area (TPSA) is 122 Å². The van der Waals surface area contributed by atoms with Crippen LogP contribution in [0.2, 0.25) is 0 Å². The molecule has 3 amide bonds. The summed E-state index contributed by atoms with van der Waals surface area (Å²) < 4.78 is 0. The van der Waals surface area contributed by atoms with E-state index < -0.39 is 36.3 Å². The average Bonchev–Trinajstić information content (AvgIpc) is 2.38. The zero-order chi connectivity index (χ0) is 16.9. The molecule has 1 aromatic carbocycles. The summed E-state index contributed by atoms with van der Waals surface area (Å²) in [6.45, 7) is 5.11. The van der Waals surface area contributed by atoms with Crippen molar-refractivity contribution in [1.29, 1.82) is 0 Å². The van der Waals surface area contributed by atoms with Gasteiger partial charge in [0.25, 0.3) is 0 Å². The minimum atomic E-state index is -1.22. The van der Waals surface area contributed by atoms with Crippen molar-refractivity contribution in [3.05, 3.63) is 29.3 Å². The molecular weight excluding hydrogens is 286 g/mol. The van der Waals surface area contributed by atoms with E-state index in [9.17, 15) is 19.5 Å². The zero-order valence-electron chi connectivity index (χ0n) is 12.8. The molecule has 0 radical (unpaired) electrons. The lowest BCUT2D eigenvalue weighted by atomic mass is 10.1. The van der Waals surface area contributed by atoms with Crippen molar-refractivity contribution in [2.75, 3.05) is 5.32 Å². The summed E-state index contributed by atoms with van der Waals surface area (Å²) in [6.07, 6.45) is -1.60. The summed E-state index contributed by atoms with van der Waals surface area (Å²) in [5, 5.41) is 14.2. The molecule has 0 fully saturated rings. The molecule has 0 spiro atoms. The van der Waals surface area contributed by atoms with Crippen LogP contribution in [0.15, 0.2) is 18.2 Å². The number of nitrogens with two attached hydrogens (primary N) is 1. The predicted molar refractivity (Wildman–Crippen MR) is 82.0 cm³/mol. The summed E-state index contributed by atoms with van der Waals surface area (Å²) in [5.41, 5.74) is 7.62. The second-order valence-corrected chi connectivity index (χ2v) is 5.23. The SMILES string of the molecule is Cc1ccc(NC(=O)CC(=O)N[C@H](C(N)=O)[C@@H](C)O)c(C)c1. The van der Waals surface area contributed by atoms with Crippen LogP contribution >= 0.6 is 0 Å². The Labute approximate surface area is 128 Å². The number of aliphatic hydroxyl groups is 1. The highest BCUT2D eigenvalue weighted by Crippen LogP contribution is 2.16. The predicted octanol–water partition coefficient (Wildman–Crippen LogP) is -0.0171. The van der Waals surface area contributed by atoms with Crippen LogP contribution in [-0.4, -0.2) is 35.0 Å². The molecule has 5 N–H and O–H groups in total. The number of anilines is 1. The fraction of sp³-hybridized carbons (Fsp3) is 0.400. The van der Waals surface area contributed by atoms with Gasteiger partial charge in [-0.1, -0.05) is 17.7 Å². The molecule has 0 heterocycles. The molecule has 1 rings (SSSR count). The largest absolute Gasteiger partial charge is 0.391 e. The standard InChI is InChI=1S/C15H21N3O4/c1-8-4-5-11(9(2)6-8)17-12(20)7-13(21)18-14(10(3)19)15(16)22/h4-6,10,14,19H,7H2,1-3H3,(H2,16,22)(H,17,20)(H,18,21)/t10-,14+/m1/s1. The maximum Gasteiger partial charge on any atom is 0.242 e. The highest BCUT2D eigenvalue weighted by molar-refractivity contribution is 6.04. The molecule has 0 aliphatic heterocycles. The van der Waals surface area contributed by atoms with Crippen LogP contribution < -0.4 is 16.4 Å². The Morgan fingerprint density at radius 2 is 1.86 bits per heavy atom. The Bertz CT molecular complexity index is 584. The minimum absolute atomic E-state index is 0.468. The lowest BCUT2D eigenvalue weighted by Gasteiger charge is -2.18. The number of aryl methyl sites for hydroxylation is 2. The molecule has 0 aromatic heterocycles. The van der Waals surface area contributed by atoms with Crippen LogP contribution in [0.25, 0.3) is 0 Å². The number of nitrogens with one attached hydrogen (secondary N) is 2. The maximum atomic E-state index is 11.8. The summed E-state index contributed by atoms with van der Waals surface area (Å²) in [7, 11) is 0. The number of amides is 3. The van der Waals surface area contributed by atoms with Gasteiger partial charge in [-0.05, 0) is 32.4 Å². The van der Waals surface area contributed by atoms with E-state index in [0.717, 1.165) is 11.1 Å². The second-order valence-electron chi connectivity index (χ2n) is 5.23. The number of rotatable bonds is 6. The monoisotopic (exact) mass is 307 g/mol. The van der Waals surface area contributed by atoms with Crippen molar-refractivity contribution < 1.29 is 19.5 Å². The van der Waals surface area contributed by atoms with Gasteiger partial charge in [0.15, 0.2) is 0 Å². The highest BCUT2D eigenvalue weighted by atomic mass is 16.3. The number of carbonyl (C=O) groups excluding carboxylic acids is 3. The van der Waals surface area contributed by atoms with E-state index in [1.165, 1.54) is 6.92 Å². The molecule has 0 bridgehead atoms. The molecular formula is C15H21N3O4. The lowest BCUT2D eigenvalue weighted by Crippen LogP contribution is -2.51. The third kappa shape index (κ3) is 5.17. The molecule has 1 aromatic rings. The summed E-state index contributed by atoms with van der Waals surface area (Å²) in [5.74, 6) is -2.07. The lowest BCUT2D eigenvalue weighted by molar-refractivity contribution is -0.132. The molecule has 120 valence electrons. The number of hydrogen-bond acceptors (Lipinski definition) is 4. The third-order valence-electron chi connectivity index (χ3n) is 3.08. The smallest absolute Gasteiger partial charge is 0.242 e. The van der Waals surface area contributed by atoms with E-state index in [0.29, 0.717) is 5.69 Å². The Morgan fingerprint density at radius 3 is 2.36 bits per heavy atom. The van der Waals surface area contributed by atoms with Crippen molar-refractivity contribution in [2.24, 2.45) is 5.73 Å². The van der Waals surface area contributed by atoms with Gasteiger partial charge < -0.3 is 21.5 Å². The fourth-order valence-electron chi connectivity index (χ4n) is 1.95. The average molecular weight is 307 g/mol. The van der Waals surface area contributed by atoms with Crippen LogP contribution in [-0.2, 0) is 14.4 Å². The van der Waals surface area contributed by atoms with Crippen molar-refractivity contribution in [1.82, 2.24) is 5.32 Å². The van der Waals surface area contributed by atoms with E-state index in [4.69, 9.17) is 5.73 Å². The Kier molecular flexibility index (Phi) is 6.06. The third-order valence-corrected chi connectivity index (χ3v) is 3.08. The summed E-state index contributed by atoms with van der Waals surface area (Å²) in [4.78, 5) is 34.6. The Morgan fingerprint density at radius 1 is 1.23 bits per heavy atom. The molecule has 0 aliphatic carbocycles. The van der Waals surface area contributed by atoms with Gasteiger partial charge in [0.1, 0.15) is 12.5 Å². The van der Waals surface area contributed by atoms with Crippen LogP contribution in [0.3, 0.4) is 0 Å². The van der Waals surface area contributed by atoms with E-state index in [1.807, 2.05) is 26.0 Å². The maximum absolute atomic E-state index is 11.8. The van der Waals surface area contributed by atoms with Gasteiger partial charge in [0.05, 0.1) is 6.10 Å². The molecule has 0 aliphatic rings. The minimum Gasteiger partial charge on any atom is -0.391 e. The Hall–Kier alpha value is -2.41. The first-order valence-corrected chi connectivity index (χ1v) is 6.84. The first kappa shape index (κ1) is 17.6. The van der Waals surface area contributed by atoms with Crippen molar-refractivity contribution >= 4 is 23.4 Å². The number of aliphatic hydroxyl groups excluding tert-OH is 1. The van der Waals surface area contributed by atoms with Crippen LogP contribution in [0.1, 0.15) is 24.5 Å². The molecule has 7 nitrogen and oxygen atoms in total. The summed E-state index contributed by atoms with van der Waals surface area (Å²) in [6, 6.07) is 4.29. The van der Waals surface area contributed by atoms with Crippen LogP contribution in [0.4, 0.5) is 5.69 Å². The van der Waals surface area contributed by atoms with Gasteiger partial charge in [0, 0.05) is 5.69 Å². The first-order chi connectivity index (χ1) is 10.2. The van der Waals surface area contributed by atoms with Crippen molar-refractivity contribution in [3.63, 3.8) is 0 Å². The number of benzene rings is 1. The van der Waals surface area contributed by atoms with E-state index >= 15 is 0 Å². The normalized spacial score (nSPS) is 13.1. The fourth-order valence-corrected chi connectivity index (χ4v) is 1.95. The molecule has 0 saturated carbocycles. The molecule has 22 heavy (non-hydrogen) atoms. The quantitative estimate of drug-likeness (QED) is 0.552. The molecule has 7 heteroatoms. The highest BCUT2D eigenvalue weighted by Gasteiger charge is 2.24.